The van der Waals surface area contributed by atoms with E-state index in [1.165, 1.54) is 24.3 Å². The Bertz CT molecular complexity index is 1260. The molecule has 2 aromatic carbocycles. The summed E-state index contributed by atoms with van der Waals surface area (Å²) in [6.45, 7) is 1.67. The van der Waals surface area contributed by atoms with Crippen molar-refractivity contribution in [3.8, 4) is 17.2 Å². The summed E-state index contributed by atoms with van der Waals surface area (Å²) in [7, 11) is 0. The van der Waals surface area contributed by atoms with Gasteiger partial charge in [0.1, 0.15) is 23.0 Å². The van der Waals surface area contributed by atoms with E-state index in [1.807, 2.05) is 12.1 Å². The molecule has 9 heteroatoms. The second kappa shape index (κ2) is 8.92. The summed E-state index contributed by atoms with van der Waals surface area (Å²) in [5, 5.41) is 21.0. The number of carbonyl (C=O) groups excluding carboxylic acids is 1. The van der Waals surface area contributed by atoms with Crippen molar-refractivity contribution in [2.45, 2.75) is 13.5 Å². The molecule has 0 aliphatic carbocycles. The van der Waals surface area contributed by atoms with Crippen LogP contribution in [0.5, 0.6) is 0 Å². The maximum atomic E-state index is 13.1. The first-order valence-electron chi connectivity index (χ1n) is 9.31. The molecule has 1 aromatic heterocycles. The number of ether oxygens (including phenoxy) is 1. The molecular formula is C22H18N4O5. The molecule has 0 fully saturated rings. The van der Waals surface area contributed by atoms with E-state index in [9.17, 15) is 25.0 Å². The first kappa shape index (κ1) is 21.3. The third-order valence-corrected chi connectivity index (χ3v) is 4.63. The van der Waals surface area contributed by atoms with Crippen LogP contribution in [0, 0.1) is 21.4 Å². The Morgan fingerprint density at radius 2 is 1.94 bits per heavy atom. The second-order valence-corrected chi connectivity index (χ2v) is 6.53. The molecule has 0 saturated carbocycles. The number of rotatable bonds is 6. The highest BCUT2D eigenvalue weighted by atomic mass is 16.6. The number of hydrogen-bond acceptors (Lipinski definition) is 7. The van der Waals surface area contributed by atoms with Gasteiger partial charge in [0.15, 0.2) is 0 Å². The standard InChI is InChI=1S/C22H18N4O5/c1-2-31-22(28)19-18(15-9-6-10-16(11-15)26(29)30)17(12-23)21(27)25(20(19)24)13-14-7-4-3-5-8-14/h3-11H,2,13,24H2,1H3. The van der Waals surface area contributed by atoms with Crippen molar-refractivity contribution >= 4 is 17.5 Å². The van der Waals surface area contributed by atoms with Crippen molar-refractivity contribution in [2.75, 3.05) is 12.3 Å². The van der Waals surface area contributed by atoms with E-state index >= 15 is 0 Å². The van der Waals surface area contributed by atoms with Crippen LogP contribution in [-0.2, 0) is 11.3 Å². The molecule has 3 rings (SSSR count). The predicted octanol–water partition coefficient (Wildman–Crippen LogP) is 3.10. The Kier molecular flexibility index (Phi) is 6.12. The van der Waals surface area contributed by atoms with E-state index in [1.54, 1.807) is 31.2 Å². The van der Waals surface area contributed by atoms with Crippen LogP contribution in [0.25, 0.3) is 11.1 Å². The van der Waals surface area contributed by atoms with Crippen molar-refractivity contribution in [1.29, 1.82) is 5.26 Å². The quantitative estimate of drug-likeness (QED) is 0.368. The van der Waals surface area contributed by atoms with E-state index in [4.69, 9.17) is 10.5 Å². The zero-order valence-corrected chi connectivity index (χ0v) is 16.6. The van der Waals surface area contributed by atoms with Gasteiger partial charge in [0.25, 0.3) is 11.2 Å². The average molecular weight is 418 g/mol. The summed E-state index contributed by atoms with van der Waals surface area (Å²) >= 11 is 0. The molecule has 0 saturated heterocycles. The van der Waals surface area contributed by atoms with Crippen LogP contribution >= 0.6 is 0 Å². The number of hydrogen-bond donors (Lipinski definition) is 1. The highest BCUT2D eigenvalue weighted by molar-refractivity contribution is 6.03. The molecule has 0 atom stereocenters. The highest BCUT2D eigenvalue weighted by Gasteiger charge is 2.27. The molecule has 0 amide bonds. The van der Waals surface area contributed by atoms with E-state index in [0.717, 1.165) is 10.1 Å². The molecule has 0 radical (unpaired) electrons. The van der Waals surface area contributed by atoms with Crippen LogP contribution in [0.15, 0.2) is 59.4 Å². The van der Waals surface area contributed by atoms with Gasteiger partial charge in [-0.15, -0.1) is 0 Å². The van der Waals surface area contributed by atoms with Gasteiger partial charge in [-0.2, -0.15) is 5.26 Å². The lowest BCUT2D eigenvalue weighted by Crippen LogP contribution is -2.30. The van der Waals surface area contributed by atoms with Gasteiger partial charge < -0.3 is 10.5 Å². The van der Waals surface area contributed by atoms with Gasteiger partial charge >= 0.3 is 5.97 Å². The fourth-order valence-electron chi connectivity index (χ4n) is 3.24. The minimum absolute atomic E-state index is 0.0296. The number of non-ortho nitro benzene ring substituents is 1. The number of nitrogens with zero attached hydrogens (tertiary/aromatic N) is 3. The molecule has 31 heavy (non-hydrogen) atoms. The molecule has 0 aliphatic rings. The number of nitrogens with two attached hydrogens (primary N) is 1. The molecule has 0 unspecified atom stereocenters. The molecule has 3 aromatic rings. The monoisotopic (exact) mass is 418 g/mol. The summed E-state index contributed by atoms with van der Waals surface area (Å²) in [6.07, 6.45) is 0. The largest absolute Gasteiger partial charge is 0.462 e. The normalized spacial score (nSPS) is 10.3. The Labute approximate surface area is 177 Å². The predicted molar refractivity (Wildman–Crippen MR) is 113 cm³/mol. The number of esters is 1. The van der Waals surface area contributed by atoms with Crippen LogP contribution in [0.2, 0.25) is 0 Å². The third kappa shape index (κ3) is 4.13. The van der Waals surface area contributed by atoms with Crippen molar-refractivity contribution in [2.24, 2.45) is 0 Å². The lowest BCUT2D eigenvalue weighted by Gasteiger charge is -2.18. The van der Waals surface area contributed by atoms with Crippen molar-refractivity contribution in [1.82, 2.24) is 4.57 Å². The smallest absolute Gasteiger partial charge is 0.342 e. The maximum absolute atomic E-state index is 13.1. The van der Waals surface area contributed by atoms with Crippen molar-refractivity contribution in [3.63, 3.8) is 0 Å². The van der Waals surface area contributed by atoms with Crippen LogP contribution in [-0.4, -0.2) is 22.1 Å². The molecule has 0 spiro atoms. The number of benzene rings is 2. The summed E-state index contributed by atoms with van der Waals surface area (Å²) in [6, 6.07) is 16.1. The Hall–Kier alpha value is -4.45. The molecule has 0 aliphatic heterocycles. The van der Waals surface area contributed by atoms with Gasteiger partial charge in [-0.05, 0) is 18.1 Å². The van der Waals surface area contributed by atoms with Crippen LogP contribution in [0.4, 0.5) is 11.5 Å². The number of aromatic nitrogens is 1. The molecule has 0 bridgehead atoms. The summed E-state index contributed by atoms with van der Waals surface area (Å²) < 4.78 is 6.24. The van der Waals surface area contributed by atoms with Crippen LogP contribution in [0.3, 0.4) is 0 Å². The van der Waals surface area contributed by atoms with Crippen molar-refractivity contribution < 1.29 is 14.5 Å². The minimum atomic E-state index is -0.834. The van der Waals surface area contributed by atoms with Crippen molar-refractivity contribution in [3.05, 3.63) is 91.8 Å². The van der Waals surface area contributed by atoms with E-state index in [2.05, 4.69) is 0 Å². The van der Waals surface area contributed by atoms with Gasteiger partial charge in [0, 0.05) is 17.7 Å². The summed E-state index contributed by atoms with van der Waals surface area (Å²) in [5.41, 5.74) is 5.52. The average Bonchev–Trinajstić information content (AvgIpc) is 2.77. The Morgan fingerprint density at radius 3 is 2.55 bits per heavy atom. The Morgan fingerprint density at radius 1 is 1.23 bits per heavy atom. The first-order chi connectivity index (χ1) is 14.9. The van der Waals surface area contributed by atoms with E-state index < -0.39 is 16.5 Å². The number of nitriles is 1. The van der Waals surface area contributed by atoms with E-state index in [0.29, 0.717) is 0 Å². The van der Waals surface area contributed by atoms with Gasteiger partial charge in [-0.1, -0.05) is 42.5 Å². The van der Waals surface area contributed by atoms with Gasteiger partial charge in [-0.3, -0.25) is 19.5 Å². The van der Waals surface area contributed by atoms with Gasteiger partial charge in [0.05, 0.1) is 18.1 Å². The number of nitro groups is 1. The lowest BCUT2D eigenvalue weighted by molar-refractivity contribution is -0.384. The number of nitrogen functional groups attached to an aromatic ring is 1. The summed E-state index contributed by atoms with van der Waals surface area (Å²) in [5.74, 6) is -1.02. The zero-order chi connectivity index (χ0) is 22.5. The first-order valence-corrected chi connectivity index (χ1v) is 9.31. The summed E-state index contributed by atoms with van der Waals surface area (Å²) in [4.78, 5) is 36.5. The van der Waals surface area contributed by atoms with Crippen LogP contribution < -0.4 is 11.3 Å². The van der Waals surface area contributed by atoms with Gasteiger partial charge in [-0.25, -0.2) is 4.79 Å². The Balaban J connectivity index is 2.36. The highest BCUT2D eigenvalue weighted by Crippen LogP contribution is 2.32. The number of pyridine rings is 1. The maximum Gasteiger partial charge on any atom is 0.342 e. The number of nitro benzene ring substituents is 1. The molecule has 9 nitrogen and oxygen atoms in total. The number of anilines is 1. The zero-order valence-electron chi connectivity index (χ0n) is 16.6. The van der Waals surface area contributed by atoms with Crippen LogP contribution in [0.1, 0.15) is 28.4 Å². The SMILES string of the molecule is CCOC(=O)c1c(-c2cccc([N+](=O)[O-])c2)c(C#N)c(=O)n(Cc2ccccc2)c1N. The molecule has 156 valence electrons. The lowest BCUT2D eigenvalue weighted by atomic mass is 9.95. The fourth-order valence-corrected chi connectivity index (χ4v) is 3.24. The fraction of sp³-hybridized carbons (Fsp3) is 0.136. The number of carbonyl (C=O) groups is 1. The third-order valence-electron chi connectivity index (χ3n) is 4.63. The van der Waals surface area contributed by atoms with E-state index in [-0.39, 0.29) is 46.9 Å². The second-order valence-electron chi connectivity index (χ2n) is 6.53. The topological polar surface area (TPSA) is 141 Å². The molecule has 1 heterocycles. The minimum Gasteiger partial charge on any atom is -0.462 e. The molecular weight excluding hydrogens is 400 g/mol. The molecule has 2 N–H and O–H groups in total. The van der Waals surface area contributed by atoms with Gasteiger partial charge in [0.2, 0.25) is 0 Å².